The molecule has 6 nitrogen and oxygen atoms in total. The molecule has 0 spiro atoms. The number of benzene rings is 3. The first-order valence-electron chi connectivity index (χ1n) is 8.91. The lowest BCUT2D eigenvalue weighted by atomic mass is 10.1. The number of nitrogens with zero attached hydrogens (tertiary/aromatic N) is 1. The van der Waals surface area contributed by atoms with Crippen molar-refractivity contribution in [1.29, 1.82) is 0 Å². The quantitative estimate of drug-likeness (QED) is 0.300. The highest BCUT2D eigenvalue weighted by Crippen LogP contribution is 2.14. The van der Waals surface area contributed by atoms with E-state index in [1.165, 1.54) is 6.21 Å². The minimum absolute atomic E-state index is 0.326. The number of hydrazone groups is 1. The fraction of sp³-hybridized carbons (Fsp3) is 0.0870. The Morgan fingerprint density at radius 3 is 2.03 bits per heavy atom. The normalized spacial score (nSPS) is 10.6. The van der Waals surface area contributed by atoms with Crippen molar-refractivity contribution in [3.8, 4) is 11.5 Å². The minimum atomic E-state index is -0.418. The zero-order chi connectivity index (χ0) is 20.6. The van der Waals surface area contributed by atoms with Gasteiger partial charge in [0.2, 0.25) is 0 Å². The van der Waals surface area contributed by atoms with Crippen molar-refractivity contribution >= 4 is 18.1 Å². The predicted octanol–water partition coefficient (Wildman–Crippen LogP) is 3.99. The molecule has 0 bridgehead atoms. The summed E-state index contributed by atoms with van der Waals surface area (Å²) < 4.78 is 10.4. The van der Waals surface area contributed by atoms with Crippen LogP contribution in [-0.4, -0.2) is 25.2 Å². The van der Waals surface area contributed by atoms with Crippen molar-refractivity contribution in [3.63, 3.8) is 0 Å². The number of carbonyl (C=O) groups is 2. The lowest BCUT2D eigenvalue weighted by Gasteiger charge is -2.05. The van der Waals surface area contributed by atoms with Crippen LogP contribution in [-0.2, 0) is 0 Å². The highest BCUT2D eigenvalue weighted by Gasteiger charge is 2.08. The Balaban J connectivity index is 1.54. The van der Waals surface area contributed by atoms with Crippen molar-refractivity contribution in [2.45, 2.75) is 6.92 Å². The van der Waals surface area contributed by atoms with Crippen molar-refractivity contribution in [3.05, 3.63) is 95.1 Å². The molecule has 3 aromatic rings. The highest BCUT2D eigenvalue weighted by atomic mass is 16.5. The molecular weight excluding hydrogens is 368 g/mol. The second-order valence-corrected chi connectivity index (χ2v) is 6.25. The Morgan fingerprint density at radius 2 is 1.41 bits per heavy atom. The van der Waals surface area contributed by atoms with Crippen LogP contribution in [0.4, 0.5) is 0 Å². The van der Waals surface area contributed by atoms with Gasteiger partial charge in [0.05, 0.1) is 18.9 Å². The summed E-state index contributed by atoms with van der Waals surface area (Å²) in [5.41, 5.74) is 5.24. The number of esters is 1. The number of ether oxygens (including phenoxy) is 2. The number of rotatable bonds is 6. The molecule has 1 N–H and O–H groups in total. The third-order valence-corrected chi connectivity index (χ3v) is 4.11. The molecule has 0 aliphatic rings. The Hall–Kier alpha value is -3.93. The summed E-state index contributed by atoms with van der Waals surface area (Å²) in [6.45, 7) is 1.95. The van der Waals surface area contributed by atoms with Gasteiger partial charge in [-0.2, -0.15) is 5.10 Å². The molecule has 0 saturated heterocycles. The van der Waals surface area contributed by atoms with Crippen LogP contribution >= 0.6 is 0 Å². The van der Waals surface area contributed by atoms with E-state index in [0.717, 1.165) is 11.1 Å². The van der Waals surface area contributed by atoms with Gasteiger partial charge in [-0.05, 0) is 73.2 Å². The maximum absolute atomic E-state index is 12.1. The molecule has 0 aliphatic carbocycles. The number of methoxy groups -OCH3 is 1. The molecule has 6 heteroatoms. The van der Waals surface area contributed by atoms with Gasteiger partial charge in [-0.15, -0.1) is 0 Å². The molecule has 0 fully saturated rings. The molecule has 146 valence electrons. The molecule has 1 amide bonds. The maximum atomic E-state index is 12.1. The van der Waals surface area contributed by atoms with Crippen molar-refractivity contribution in [2.75, 3.05) is 7.11 Å². The Morgan fingerprint density at radius 1 is 0.828 bits per heavy atom. The van der Waals surface area contributed by atoms with Crippen LogP contribution in [0.3, 0.4) is 0 Å². The molecule has 3 aromatic carbocycles. The van der Waals surface area contributed by atoms with Gasteiger partial charge in [-0.1, -0.05) is 17.7 Å². The SMILES string of the molecule is COc1ccc(C(=O)NN=Cc2ccc(OC(=O)c3ccc(C)cc3)cc2)cc1. The van der Waals surface area contributed by atoms with Gasteiger partial charge >= 0.3 is 5.97 Å². The largest absolute Gasteiger partial charge is 0.497 e. The summed E-state index contributed by atoms with van der Waals surface area (Å²) in [7, 11) is 1.56. The summed E-state index contributed by atoms with van der Waals surface area (Å²) >= 11 is 0. The average Bonchev–Trinajstić information content (AvgIpc) is 2.75. The first-order valence-corrected chi connectivity index (χ1v) is 8.91. The van der Waals surface area contributed by atoms with Crippen LogP contribution in [0.15, 0.2) is 77.9 Å². The van der Waals surface area contributed by atoms with E-state index in [2.05, 4.69) is 10.5 Å². The fourth-order valence-electron chi connectivity index (χ4n) is 2.45. The number of carbonyl (C=O) groups excluding carboxylic acids is 2. The van der Waals surface area contributed by atoms with E-state index < -0.39 is 5.97 Å². The minimum Gasteiger partial charge on any atom is -0.497 e. The van der Waals surface area contributed by atoms with Gasteiger partial charge in [-0.25, -0.2) is 10.2 Å². The maximum Gasteiger partial charge on any atom is 0.343 e. The van der Waals surface area contributed by atoms with Crippen molar-refractivity contribution in [1.82, 2.24) is 5.43 Å². The first-order chi connectivity index (χ1) is 14.0. The third-order valence-electron chi connectivity index (χ3n) is 4.11. The molecule has 0 radical (unpaired) electrons. The van der Waals surface area contributed by atoms with Gasteiger partial charge in [-0.3, -0.25) is 4.79 Å². The van der Waals surface area contributed by atoms with Crippen LogP contribution < -0.4 is 14.9 Å². The number of hydrogen-bond donors (Lipinski definition) is 1. The first kappa shape index (κ1) is 19.8. The topological polar surface area (TPSA) is 77.0 Å². The summed E-state index contributed by atoms with van der Waals surface area (Å²) in [5.74, 6) is 0.355. The average molecular weight is 388 g/mol. The zero-order valence-electron chi connectivity index (χ0n) is 16.1. The van der Waals surface area contributed by atoms with E-state index in [1.807, 2.05) is 19.1 Å². The van der Waals surface area contributed by atoms with Crippen LogP contribution in [0, 0.1) is 6.92 Å². The number of hydrogen-bond acceptors (Lipinski definition) is 5. The van der Waals surface area contributed by atoms with Gasteiger partial charge in [0.1, 0.15) is 11.5 Å². The van der Waals surface area contributed by atoms with Crippen LogP contribution in [0.5, 0.6) is 11.5 Å². The van der Waals surface area contributed by atoms with E-state index in [-0.39, 0.29) is 5.91 Å². The fourth-order valence-corrected chi connectivity index (χ4v) is 2.45. The zero-order valence-corrected chi connectivity index (χ0v) is 16.1. The predicted molar refractivity (Wildman–Crippen MR) is 111 cm³/mol. The van der Waals surface area contributed by atoms with E-state index >= 15 is 0 Å². The standard InChI is InChI=1S/C23H20N2O4/c1-16-3-7-19(8-4-16)23(27)29-21-11-5-17(6-12-21)15-24-25-22(26)18-9-13-20(28-2)14-10-18/h3-15H,1-2H3,(H,25,26). The van der Waals surface area contributed by atoms with E-state index in [4.69, 9.17) is 9.47 Å². The number of amides is 1. The summed E-state index contributed by atoms with van der Waals surface area (Å²) in [5, 5.41) is 3.94. The Kier molecular flexibility index (Phi) is 6.37. The highest BCUT2D eigenvalue weighted by molar-refractivity contribution is 5.95. The smallest absolute Gasteiger partial charge is 0.343 e. The van der Waals surface area contributed by atoms with Crippen molar-refractivity contribution < 1.29 is 19.1 Å². The Labute approximate surface area is 168 Å². The molecule has 0 aromatic heterocycles. The van der Waals surface area contributed by atoms with Gasteiger partial charge < -0.3 is 9.47 Å². The van der Waals surface area contributed by atoms with Gasteiger partial charge in [0.25, 0.3) is 5.91 Å². The molecule has 0 unspecified atom stereocenters. The summed E-state index contributed by atoms with van der Waals surface area (Å²) in [6, 6.07) is 20.7. The van der Waals surface area contributed by atoms with E-state index in [9.17, 15) is 9.59 Å². The van der Waals surface area contributed by atoms with Crippen LogP contribution in [0.1, 0.15) is 31.8 Å². The van der Waals surface area contributed by atoms with Gasteiger partial charge in [0, 0.05) is 5.56 Å². The molecule has 0 saturated carbocycles. The van der Waals surface area contributed by atoms with Crippen LogP contribution in [0.2, 0.25) is 0 Å². The van der Waals surface area contributed by atoms with E-state index in [0.29, 0.717) is 22.6 Å². The second kappa shape index (κ2) is 9.32. The number of nitrogens with one attached hydrogen (secondary N) is 1. The van der Waals surface area contributed by atoms with E-state index in [1.54, 1.807) is 67.8 Å². The molecule has 0 heterocycles. The molecular formula is C23H20N2O4. The molecule has 3 rings (SSSR count). The Bertz CT molecular complexity index is 1010. The molecule has 0 aliphatic heterocycles. The molecule has 29 heavy (non-hydrogen) atoms. The third kappa shape index (κ3) is 5.52. The van der Waals surface area contributed by atoms with Gasteiger partial charge in [0.15, 0.2) is 0 Å². The lowest BCUT2D eigenvalue weighted by molar-refractivity contribution is 0.0734. The lowest BCUT2D eigenvalue weighted by Crippen LogP contribution is -2.17. The monoisotopic (exact) mass is 388 g/mol. The molecule has 0 atom stereocenters. The van der Waals surface area contributed by atoms with Crippen molar-refractivity contribution in [2.24, 2.45) is 5.10 Å². The number of aryl methyl sites for hydroxylation is 1. The summed E-state index contributed by atoms with van der Waals surface area (Å²) in [4.78, 5) is 24.2. The second-order valence-electron chi connectivity index (χ2n) is 6.25. The van der Waals surface area contributed by atoms with Crippen LogP contribution in [0.25, 0.3) is 0 Å². The summed E-state index contributed by atoms with van der Waals surface area (Å²) in [6.07, 6.45) is 1.51.